The molecule has 3 N–H and O–H groups in total. The monoisotopic (exact) mass is 467 g/mol. The molecule has 0 spiro atoms. The zero-order valence-corrected chi connectivity index (χ0v) is 18.6. The van der Waals surface area contributed by atoms with Gasteiger partial charge >= 0.3 is 0 Å². The van der Waals surface area contributed by atoms with E-state index in [1.54, 1.807) is 12.1 Å². The van der Waals surface area contributed by atoms with Crippen molar-refractivity contribution < 1.29 is 4.79 Å². The molecule has 6 nitrogen and oxygen atoms in total. The van der Waals surface area contributed by atoms with Gasteiger partial charge in [0.25, 0.3) is 0 Å². The summed E-state index contributed by atoms with van der Waals surface area (Å²) < 4.78 is 2.13. The number of amides is 1. The van der Waals surface area contributed by atoms with Crippen molar-refractivity contribution in [1.82, 2.24) is 14.8 Å². The van der Waals surface area contributed by atoms with Crippen LogP contribution in [0.1, 0.15) is 36.7 Å². The minimum atomic E-state index is -0.746. The predicted octanol–water partition coefficient (Wildman–Crippen LogP) is 4.81. The van der Waals surface area contributed by atoms with Crippen molar-refractivity contribution in [3.8, 4) is 11.4 Å². The van der Waals surface area contributed by atoms with Gasteiger partial charge in [-0.15, -0.1) is 35.0 Å². The van der Waals surface area contributed by atoms with Gasteiger partial charge in [0.2, 0.25) is 5.91 Å². The molecule has 160 valence electrons. The number of fused-ring (bicyclic) bond motifs is 1. The van der Waals surface area contributed by atoms with Crippen LogP contribution in [0, 0.1) is 0 Å². The molecule has 0 saturated heterocycles. The van der Waals surface area contributed by atoms with Gasteiger partial charge in [-0.2, -0.15) is 0 Å². The molecule has 4 rings (SSSR count). The van der Waals surface area contributed by atoms with Crippen LogP contribution < -0.4 is 11.1 Å². The van der Waals surface area contributed by atoms with Crippen LogP contribution in [-0.2, 0) is 17.8 Å². The number of aryl methyl sites for hydroxylation is 1. The molecule has 0 bridgehead atoms. The maximum atomic E-state index is 12.6. The summed E-state index contributed by atoms with van der Waals surface area (Å²) in [5.74, 6) is 1.45. The number of anilines is 1. The fourth-order valence-corrected chi connectivity index (χ4v) is 3.69. The van der Waals surface area contributed by atoms with E-state index in [9.17, 15) is 4.79 Å². The van der Waals surface area contributed by atoms with Crippen molar-refractivity contribution in [1.29, 1.82) is 0 Å². The van der Waals surface area contributed by atoms with E-state index in [4.69, 9.17) is 17.3 Å². The summed E-state index contributed by atoms with van der Waals surface area (Å²) in [5.41, 5.74) is 8.24. The molecule has 1 aliphatic heterocycles. The lowest BCUT2D eigenvalue weighted by atomic mass is 10.1. The molecular weight excluding hydrogens is 445 g/mol. The van der Waals surface area contributed by atoms with E-state index in [0.717, 1.165) is 48.6 Å². The van der Waals surface area contributed by atoms with E-state index in [2.05, 4.69) is 20.1 Å². The lowest BCUT2D eigenvalue weighted by Gasteiger charge is -2.14. The summed E-state index contributed by atoms with van der Waals surface area (Å²) in [4.78, 5) is 12.6. The van der Waals surface area contributed by atoms with Gasteiger partial charge in [0, 0.05) is 24.2 Å². The van der Waals surface area contributed by atoms with E-state index in [0.29, 0.717) is 10.7 Å². The molecule has 1 aromatic heterocycles. The second kappa shape index (κ2) is 10.8. The van der Waals surface area contributed by atoms with Crippen molar-refractivity contribution >= 4 is 48.0 Å². The molecule has 0 aliphatic carbocycles. The Morgan fingerprint density at radius 2 is 1.83 bits per heavy atom. The van der Waals surface area contributed by atoms with Crippen LogP contribution in [0.4, 0.5) is 5.69 Å². The van der Waals surface area contributed by atoms with Crippen LogP contribution in [0.5, 0.6) is 0 Å². The van der Waals surface area contributed by atoms with Gasteiger partial charge in [-0.25, -0.2) is 0 Å². The topological polar surface area (TPSA) is 85.8 Å². The highest BCUT2D eigenvalue weighted by molar-refractivity contribution is 6.33. The Labute approximate surface area is 193 Å². The second-order valence-electron chi connectivity index (χ2n) is 6.97. The zero-order valence-electron chi connectivity index (χ0n) is 16.3. The fraction of sp³-hybridized carbons (Fsp3) is 0.286. The van der Waals surface area contributed by atoms with Gasteiger partial charge in [0.15, 0.2) is 5.82 Å². The maximum absolute atomic E-state index is 12.6. The average Bonchev–Trinajstić information content (AvgIpc) is 2.97. The highest BCUT2D eigenvalue weighted by atomic mass is 35.5. The fourth-order valence-electron chi connectivity index (χ4n) is 3.49. The first-order valence-electron chi connectivity index (χ1n) is 9.47. The SMILES string of the molecule is Cl.Cl.NC(C(=O)Nc1ccc(Cl)c(-c2nnc3n2CCCCC3)c1)c1ccccc1. The summed E-state index contributed by atoms with van der Waals surface area (Å²) >= 11 is 6.45. The second-order valence-corrected chi connectivity index (χ2v) is 7.38. The van der Waals surface area contributed by atoms with Crippen LogP contribution >= 0.6 is 36.4 Å². The Balaban J connectivity index is 0.00000160. The number of nitrogens with one attached hydrogen (secondary N) is 1. The van der Waals surface area contributed by atoms with Crippen molar-refractivity contribution in [2.75, 3.05) is 5.32 Å². The first-order chi connectivity index (χ1) is 13.6. The summed E-state index contributed by atoms with van der Waals surface area (Å²) in [7, 11) is 0. The molecule has 30 heavy (non-hydrogen) atoms. The van der Waals surface area contributed by atoms with Crippen LogP contribution in [-0.4, -0.2) is 20.7 Å². The smallest absolute Gasteiger partial charge is 0.245 e. The Morgan fingerprint density at radius 1 is 1.07 bits per heavy atom. The molecule has 0 saturated carbocycles. The van der Waals surface area contributed by atoms with Crippen molar-refractivity contribution in [2.24, 2.45) is 5.73 Å². The lowest BCUT2D eigenvalue weighted by Crippen LogP contribution is -2.27. The van der Waals surface area contributed by atoms with Crippen molar-refractivity contribution in [2.45, 2.75) is 38.3 Å². The van der Waals surface area contributed by atoms with E-state index >= 15 is 0 Å². The first-order valence-corrected chi connectivity index (χ1v) is 9.84. The Morgan fingerprint density at radius 3 is 2.60 bits per heavy atom. The van der Waals surface area contributed by atoms with Crippen molar-refractivity contribution in [3.63, 3.8) is 0 Å². The number of carbonyl (C=O) groups is 1. The number of halogens is 3. The highest BCUT2D eigenvalue weighted by Crippen LogP contribution is 2.31. The van der Waals surface area contributed by atoms with Gasteiger partial charge in [0.1, 0.15) is 11.9 Å². The average molecular weight is 469 g/mol. The summed E-state index contributed by atoms with van der Waals surface area (Å²) in [6.45, 7) is 0.878. The van der Waals surface area contributed by atoms with E-state index in [-0.39, 0.29) is 30.7 Å². The van der Waals surface area contributed by atoms with Crippen LogP contribution in [0.3, 0.4) is 0 Å². The number of hydrogen-bond donors (Lipinski definition) is 2. The van der Waals surface area contributed by atoms with E-state index < -0.39 is 6.04 Å². The predicted molar refractivity (Wildman–Crippen MR) is 125 cm³/mol. The standard InChI is InChI=1S/C21H22ClN5O.2ClH/c22-17-11-10-15(24-21(28)19(23)14-7-3-1-4-8-14)13-16(17)20-26-25-18-9-5-2-6-12-27(18)20;;/h1,3-4,7-8,10-11,13,19H,2,5-6,9,12,23H2,(H,24,28);2*1H. The van der Waals surface area contributed by atoms with Gasteiger partial charge in [-0.1, -0.05) is 48.4 Å². The maximum Gasteiger partial charge on any atom is 0.245 e. The molecule has 1 atom stereocenters. The van der Waals surface area contributed by atoms with Gasteiger partial charge in [-0.05, 0) is 36.6 Å². The van der Waals surface area contributed by atoms with Gasteiger partial charge < -0.3 is 15.6 Å². The molecule has 2 heterocycles. The van der Waals surface area contributed by atoms with Crippen LogP contribution in [0.25, 0.3) is 11.4 Å². The number of rotatable bonds is 4. The Bertz CT molecular complexity index is 994. The van der Waals surface area contributed by atoms with Crippen LogP contribution in [0.15, 0.2) is 48.5 Å². The molecular formula is C21H24Cl3N5O. The molecule has 2 aromatic carbocycles. The first kappa shape index (κ1) is 24.2. The van der Waals surface area contributed by atoms with Crippen molar-refractivity contribution in [3.05, 3.63) is 64.9 Å². The summed E-state index contributed by atoms with van der Waals surface area (Å²) in [6, 6.07) is 13.9. The zero-order chi connectivity index (χ0) is 19.5. The molecule has 0 radical (unpaired) electrons. The molecule has 1 aliphatic rings. The molecule has 1 unspecified atom stereocenters. The number of carbonyl (C=O) groups excluding carboxylic acids is 1. The lowest BCUT2D eigenvalue weighted by molar-refractivity contribution is -0.117. The number of nitrogens with zero attached hydrogens (tertiary/aromatic N) is 3. The molecule has 3 aromatic rings. The molecule has 9 heteroatoms. The number of nitrogens with two attached hydrogens (primary N) is 1. The van der Waals surface area contributed by atoms with Crippen LogP contribution in [0.2, 0.25) is 5.02 Å². The van der Waals surface area contributed by atoms with Gasteiger partial charge in [-0.3, -0.25) is 4.79 Å². The quantitative estimate of drug-likeness (QED) is 0.575. The molecule has 1 amide bonds. The van der Waals surface area contributed by atoms with E-state index in [1.807, 2.05) is 36.4 Å². The Kier molecular flexibility index (Phi) is 8.67. The third-order valence-electron chi connectivity index (χ3n) is 5.03. The largest absolute Gasteiger partial charge is 0.324 e. The minimum absolute atomic E-state index is 0. The summed E-state index contributed by atoms with van der Waals surface area (Å²) in [5, 5.41) is 12.2. The minimum Gasteiger partial charge on any atom is -0.324 e. The highest BCUT2D eigenvalue weighted by Gasteiger charge is 2.20. The molecule has 0 fully saturated rings. The third-order valence-corrected chi connectivity index (χ3v) is 5.36. The number of benzene rings is 2. The third kappa shape index (κ3) is 5.13. The van der Waals surface area contributed by atoms with E-state index in [1.165, 1.54) is 6.42 Å². The normalized spacial score (nSPS) is 13.8. The number of hydrogen-bond acceptors (Lipinski definition) is 4. The Hall–Kier alpha value is -2.12. The summed E-state index contributed by atoms with van der Waals surface area (Å²) in [6.07, 6.45) is 4.33. The number of aromatic nitrogens is 3. The van der Waals surface area contributed by atoms with Gasteiger partial charge in [0.05, 0.1) is 5.02 Å².